The number of thiocarbonyl (C=S) groups is 1. The van der Waals surface area contributed by atoms with Crippen LogP contribution >= 0.6 is 12.2 Å². The average molecular weight is 376 g/mol. The molecule has 1 aromatic heterocycles. The van der Waals surface area contributed by atoms with Gasteiger partial charge in [-0.05, 0) is 54.4 Å². The van der Waals surface area contributed by atoms with Gasteiger partial charge in [0.1, 0.15) is 0 Å². The minimum Gasteiger partial charge on any atom is -0.348 e. The molecule has 138 valence electrons. The number of aromatic nitrogens is 1. The van der Waals surface area contributed by atoms with Crippen LogP contribution in [0.1, 0.15) is 35.3 Å². The summed E-state index contributed by atoms with van der Waals surface area (Å²) in [5.41, 5.74) is 6.24. The van der Waals surface area contributed by atoms with Gasteiger partial charge in [0.2, 0.25) is 0 Å². The van der Waals surface area contributed by atoms with Gasteiger partial charge in [0.05, 0.1) is 6.04 Å². The van der Waals surface area contributed by atoms with E-state index >= 15 is 0 Å². The third-order valence-electron chi connectivity index (χ3n) is 5.39. The monoisotopic (exact) mass is 375 g/mol. The minimum atomic E-state index is 0.129. The van der Waals surface area contributed by atoms with E-state index in [1.807, 2.05) is 0 Å². The Labute approximate surface area is 166 Å². The fourth-order valence-electron chi connectivity index (χ4n) is 3.97. The minimum absolute atomic E-state index is 0.129. The molecule has 4 heteroatoms. The van der Waals surface area contributed by atoms with Crippen molar-refractivity contribution >= 4 is 23.0 Å². The average Bonchev–Trinajstić information content (AvgIpc) is 3.18. The number of benzene rings is 2. The maximum atomic E-state index is 5.91. The summed E-state index contributed by atoms with van der Waals surface area (Å²) in [5.74, 6) is 0. The van der Waals surface area contributed by atoms with Gasteiger partial charge in [0.25, 0.3) is 0 Å². The maximum absolute atomic E-state index is 5.91. The molecular formula is C23H25N3S. The van der Waals surface area contributed by atoms with Crippen molar-refractivity contribution in [3.8, 4) is 0 Å². The first kappa shape index (κ1) is 17.8. The fourth-order valence-corrected chi connectivity index (χ4v) is 4.27. The SMILES string of the molecule is CCc1cccc(C)c1NC(=S)N1CCn2cccc2[C@H]1c1ccccc1. The molecule has 1 atom stereocenters. The molecule has 4 rings (SSSR count). The number of fused-ring (bicyclic) bond motifs is 1. The summed E-state index contributed by atoms with van der Waals surface area (Å²) in [6, 6.07) is 21.5. The molecule has 2 aromatic carbocycles. The van der Waals surface area contributed by atoms with E-state index in [1.165, 1.54) is 22.4 Å². The summed E-state index contributed by atoms with van der Waals surface area (Å²) < 4.78 is 2.34. The normalized spacial score (nSPS) is 16.1. The standard InChI is InChI=1S/C23H25N3S/c1-3-18-12-7-9-17(2)21(18)24-23(27)26-16-15-25-14-8-13-20(25)22(26)19-10-5-4-6-11-19/h4-14,22H,3,15-16H2,1-2H3,(H,24,27)/t22-/m1/s1. The zero-order valence-electron chi connectivity index (χ0n) is 15.9. The first-order valence-corrected chi connectivity index (χ1v) is 9.96. The first-order chi connectivity index (χ1) is 13.2. The maximum Gasteiger partial charge on any atom is 0.174 e. The Morgan fingerprint density at radius 1 is 1.04 bits per heavy atom. The molecule has 0 saturated carbocycles. The molecule has 1 N–H and O–H groups in total. The van der Waals surface area contributed by atoms with Crippen molar-refractivity contribution in [3.63, 3.8) is 0 Å². The van der Waals surface area contributed by atoms with E-state index in [9.17, 15) is 0 Å². The van der Waals surface area contributed by atoms with Gasteiger partial charge in [0, 0.05) is 30.7 Å². The lowest BCUT2D eigenvalue weighted by Gasteiger charge is -2.39. The van der Waals surface area contributed by atoms with E-state index in [2.05, 4.69) is 95.5 Å². The molecule has 3 nitrogen and oxygen atoms in total. The largest absolute Gasteiger partial charge is 0.348 e. The van der Waals surface area contributed by atoms with Crippen LogP contribution in [0.2, 0.25) is 0 Å². The number of hydrogen-bond acceptors (Lipinski definition) is 1. The summed E-state index contributed by atoms with van der Waals surface area (Å²) >= 11 is 5.91. The molecule has 0 amide bonds. The zero-order valence-corrected chi connectivity index (χ0v) is 16.7. The number of hydrogen-bond donors (Lipinski definition) is 1. The Bertz CT molecular complexity index is 945. The molecule has 0 radical (unpaired) electrons. The summed E-state index contributed by atoms with van der Waals surface area (Å²) in [6.45, 7) is 6.16. The molecule has 0 aliphatic carbocycles. The number of nitrogens with one attached hydrogen (secondary N) is 1. The van der Waals surface area contributed by atoms with Gasteiger partial charge in [-0.3, -0.25) is 0 Å². The smallest absolute Gasteiger partial charge is 0.174 e. The van der Waals surface area contributed by atoms with Crippen LogP contribution in [0.15, 0.2) is 66.9 Å². The molecule has 0 spiro atoms. The molecule has 3 aromatic rings. The van der Waals surface area contributed by atoms with Crippen molar-refractivity contribution in [3.05, 3.63) is 89.2 Å². The van der Waals surface area contributed by atoms with Crippen molar-refractivity contribution in [2.75, 3.05) is 11.9 Å². The van der Waals surface area contributed by atoms with Crippen LogP contribution in [0, 0.1) is 6.92 Å². The number of anilines is 1. The van der Waals surface area contributed by atoms with E-state index in [1.54, 1.807) is 0 Å². The highest BCUT2D eigenvalue weighted by molar-refractivity contribution is 7.80. The van der Waals surface area contributed by atoms with Crippen LogP contribution in [0.3, 0.4) is 0 Å². The van der Waals surface area contributed by atoms with Crippen LogP contribution in [-0.2, 0) is 13.0 Å². The quantitative estimate of drug-likeness (QED) is 0.639. The van der Waals surface area contributed by atoms with Crippen LogP contribution in [0.4, 0.5) is 5.69 Å². The lowest BCUT2D eigenvalue weighted by molar-refractivity contribution is 0.293. The van der Waals surface area contributed by atoms with Crippen molar-refractivity contribution in [1.29, 1.82) is 0 Å². The predicted molar refractivity (Wildman–Crippen MR) is 116 cm³/mol. The third kappa shape index (κ3) is 3.37. The highest BCUT2D eigenvalue weighted by Gasteiger charge is 2.30. The van der Waals surface area contributed by atoms with Gasteiger partial charge in [-0.1, -0.05) is 55.5 Å². The summed E-state index contributed by atoms with van der Waals surface area (Å²) in [7, 11) is 0. The van der Waals surface area contributed by atoms with Crippen LogP contribution in [0.25, 0.3) is 0 Å². The Hall–Kier alpha value is -2.59. The van der Waals surface area contributed by atoms with E-state index < -0.39 is 0 Å². The van der Waals surface area contributed by atoms with Crippen molar-refractivity contribution in [2.24, 2.45) is 0 Å². The molecular weight excluding hydrogens is 350 g/mol. The van der Waals surface area contributed by atoms with E-state index in [0.717, 1.165) is 30.3 Å². The highest BCUT2D eigenvalue weighted by atomic mass is 32.1. The molecule has 2 heterocycles. The lowest BCUT2D eigenvalue weighted by Crippen LogP contribution is -2.44. The summed E-state index contributed by atoms with van der Waals surface area (Å²) in [5, 5.41) is 4.36. The highest BCUT2D eigenvalue weighted by Crippen LogP contribution is 2.33. The molecule has 0 saturated heterocycles. The molecule has 27 heavy (non-hydrogen) atoms. The van der Waals surface area contributed by atoms with Gasteiger partial charge in [-0.2, -0.15) is 0 Å². The molecule has 0 unspecified atom stereocenters. The van der Waals surface area contributed by atoms with Gasteiger partial charge in [-0.15, -0.1) is 0 Å². The van der Waals surface area contributed by atoms with Gasteiger partial charge < -0.3 is 14.8 Å². The Morgan fingerprint density at radius 3 is 2.63 bits per heavy atom. The molecule has 0 bridgehead atoms. The first-order valence-electron chi connectivity index (χ1n) is 9.55. The van der Waals surface area contributed by atoms with E-state index in [0.29, 0.717) is 0 Å². The van der Waals surface area contributed by atoms with Crippen molar-refractivity contribution in [1.82, 2.24) is 9.47 Å². The lowest BCUT2D eigenvalue weighted by atomic mass is 10.0. The second-order valence-electron chi connectivity index (χ2n) is 7.03. The van der Waals surface area contributed by atoms with Crippen LogP contribution in [-0.4, -0.2) is 21.1 Å². The van der Waals surface area contributed by atoms with Crippen molar-refractivity contribution in [2.45, 2.75) is 32.9 Å². The number of aryl methyl sites for hydroxylation is 2. The second kappa shape index (κ2) is 7.57. The Kier molecular flexibility index (Phi) is 4.99. The number of rotatable bonds is 3. The van der Waals surface area contributed by atoms with Gasteiger partial charge in [-0.25, -0.2) is 0 Å². The second-order valence-corrected chi connectivity index (χ2v) is 7.41. The molecule has 1 aliphatic heterocycles. The van der Waals surface area contributed by atoms with Crippen LogP contribution < -0.4 is 5.32 Å². The molecule has 1 aliphatic rings. The third-order valence-corrected chi connectivity index (χ3v) is 5.72. The van der Waals surface area contributed by atoms with Gasteiger partial charge >= 0.3 is 0 Å². The number of para-hydroxylation sites is 1. The predicted octanol–water partition coefficient (Wildman–Crippen LogP) is 5.16. The Morgan fingerprint density at radius 2 is 1.85 bits per heavy atom. The topological polar surface area (TPSA) is 20.2 Å². The fraction of sp³-hybridized carbons (Fsp3) is 0.261. The van der Waals surface area contributed by atoms with E-state index in [-0.39, 0.29) is 6.04 Å². The van der Waals surface area contributed by atoms with E-state index in [4.69, 9.17) is 12.2 Å². The Balaban J connectivity index is 1.69. The summed E-state index contributed by atoms with van der Waals surface area (Å²) in [4.78, 5) is 2.33. The summed E-state index contributed by atoms with van der Waals surface area (Å²) in [6.07, 6.45) is 3.15. The zero-order chi connectivity index (χ0) is 18.8. The number of nitrogens with zero attached hydrogens (tertiary/aromatic N) is 2. The van der Waals surface area contributed by atoms with Crippen molar-refractivity contribution < 1.29 is 0 Å². The van der Waals surface area contributed by atoms with Gasteiger partial charge in [0.15, 0.2) is 5.11 Å². The van der Waals surface area contributed by atoms with Crippen LogP contribution in [0.5, 0.6) is 0 Å². The molecule has 0 fully saturated rings.